The highest BCUT2D eigenvalue weighted by Gasteiger charge is 2.47. The van der Waals surface area contributed by atoms with Crippen molar-refractivity contribution < 1.29 is 23.4 Å². The summed E-state index contributed by atoms with van der Waals surface area (Å²) in [6.07, 6.45) is 11.8. The van der Waals surface area contributed by atoms with Crippen molar-refractivity contribution in [1.82, 2.24) is 5.32 Å². The number of aliphatic hydroxyl groups excluding tert-OH is 1. The van der Waals surface area contributed by atoms with Crippen molar-refractivity contribution in [3.05, 3.63) is 47.4 Å². The molecule has 0 spiro atoms. The molecule has 1 aliphatic heterocycles. The molecule has 30 heavy (non-hydrogen) atoms. The van der Waals surface area contributed by atoms with Gasteiger partial charge < -0.3 is 19.9 Å². The zero-order chi connectivity index (χ0) is 21.1. The van der Waals surface area contributed by atoms with Crippen LogP contribution in [0.4, 0.5) is 8.78 Å². The van der Waals surface area contributed by atoms with Crippen LogP contribution < -0.4 is 5.32 Å². The minimum absolute atomic E-state index is 0.0188. The van der Waals surface area contributed by atoms with Crippen molar-refractivity contribution in [1.29, 1.82) is 0 Å². The quantitative estimate of drug-likeness (QED) is 0.583. The number of alkyl halides is 1. The van der Waals surface area contributed by atoms with E-state index in [1.54, 1.807) is 0 Å². The first kappa shape index (κ1) is 21.9. The molecule has 3 aliphatic carbocycles. The fourth-order valence-electron chi connectivity index (χ4n) is 4.93. The lowest BCUT2D eigenvalue weighted by atomic mass is 9.85. The molecular formula is C24H33F2NO3. The Kier molecular flexibility index (Phi) is 6.88. The molecule has 0 radical (unpaired) electrons. The Bertz CT molecular complexity index is 735. The van der Waals surface area contributed by atoms with E-state index >= 15 is 0 Å². The normalized spacial score (nSPS) is 32.3. The lowest BCUT2D eigenvalue weighted by molar-refractivity contribution is 0.0346. The molecule has 1 saturated heterocycles. The van der Waals surface area contributed by atoms with Gasteiger partial charge in [0, 0.05) is 24.4 Å². The number of rotatable bonds is 9. The number of ether oxygens (including phenoxy) is 2. The largest absolute Gasteiger partial charge is 0.392 e. The molecule has 1 heterocycles. The lowest BCUT2D eigenvalue weighted by Crippen LogP contribution is -2.42. The maximum Gasteiger partial charge on any atom is 0.147 e. The van der Waals surface area contributed by atoms with Crippen molar-refractivity contribution in [2.75, 3.05) is 19.9 Å². The molecular weight excluding hydrogens is 388 g/mol. The number of hydrogen-bond donors (Lipinski definition) is 2. The average Bonchev–Trinajstić information content (AvgIpc) is 3.32. The Morgan fingerprint density at radius 1 is 1.33 bits per heavy atom. The van der Waals surface area contributed by atoms with Gasteiger partial charge in [0.05, 0.1) is 18.8 Å². The molecule has 5 atom stereocenters. The first-order valence-electron chi connectivity index (χ1n) is 11.2. The van der Waals surface area contributed by atoms with E-state index in [2.05, 4.69) is 23.5 Å². The van der Waals surface area contributed by atoms with E-state index in [0.717, 1.165) is 37.3 Å². The van der Waals surface area contributed by atoms with Gasteiger partial charge >= 0.3 is 0 Å². The summed E-state index contributed by atoms with van der Waals surface area (Å²) in [6.45, 7) is 3.52. The van der Waals surface area contributed by atoms with Gasteiger partial charge in [-0.15, -0.1) is 0 Å². The predicted octanol–water partition coefficient (Wildman–Crippen LogP) is 4.28. The molecule has 0 aromatic carbocycles. The number of allylic oxidation sites excluding steroid dienone is 6. The lowest BCUT2D eigenvalue weighted by Gasteiger charge is -2.30. The van der Waals surface area contributed by atoms with Crippen molar-refractivity contribution in [2.24, 2.45) is 11.8 Å². The first-order chi connectivity index (χ1) is 14.5. The minimum Gasteiger partial charge on any atom is -0.392 e. The Morgan fingerprint density at radius 2 is 2.17 bits per heavy atom. The standard InChI is InChI=1S/C24H33F2NO3/c1-2-17(8-16-9-20(25)12-21(26)10-16)22(28)13-27-24(6-7-24)19-5-3-4-18(11-19)23-14-29-15-30-23/h3-5,9,12,17-18,21-23,27-28H,2,6-8,10-11,13-15H2,1H3. The molecule has 5 unspecified atom stereocenters. The summed E-state index contributed by atoms with van der Waals surface area (Å²) in [6, 6.07) is 0. The summed E-state index contributed by atoms with van der Waals surface area (Å²) in [5.74, 6) is -0.198. The molecule has 0 aromatic rings. The second-order valence-corrected chi connectivity index (χ2v) is 9.12. The third kappa shape index (κ3) is 5.10. The van der Waals surface area contributed by atoms with Crippen LogP contribution in [0.1, 0.15) is 45.4 Å². The molecule has 1 saturated carbocycles. The zero-order valence-electron chi connectivity index (χ0n) is 17.7. The van der Waals surface area contributed by atoms with Gasteiger partial charge in [0.2, 0.25) is 0 Å². The number of nitrogens with one attached hydrogen (secondary N) is 1. The number of hydrogen-bond acceptors (Lipinski definition) is 4. The van der Waals surface area contributed by atoms with Crippen molar-refractivity contribution in [2.45, 2.75) is 69.4 Å². The van der Waals surface area contributed by atoms with Crippen LogP contribution in [0.25, 0.3) is 0 Å². The number of aliphatic hydroxyl groups is 1. The van der Waals surface area contributed by atoms with Crippen LogP contribution in [-0.2, 0) is 9.47 Å². The molecule has 2 fully saturated rings. The summed E-state index contributed by atoms with van der Waals surface area (Å²) in [5, 5.41) is 14.4. The van der Waals surface area contributed by atoms with E-state index in [1.165, 1.54) is 11.6 Å². The van der Waals surface area contributed by atoms with E-state index in [9.17, 15) is 13.9 Å². The van der Waals surface area contributed by atoms with E-state index in [-0.39, 0.29) is 24.0 Å². The topological polar surface area (TPSA) is 50.7 Å². The van der Waals surface area contributed by atoms with E-state index in [0.29, 0.717) is 32.3 Å². The summed E-state index contributed by atoms with van der Waals surface area (Å²) >= 11 is 0. The zero-order valence-corrected chi connectivity index (χ0v) is 17.7. The third-order valence-corrected chi connectivity index (χ3v) is 6.98. The van der Waals surface area contributed by atoms with Crippen molar-refractivity contribution in [3.63, 3.8) is 0 Å². The van der Waals surface area contributed by atoms with E-state index in [4.69, 9.17) is 9.47 Å². The molecule has 4 aliphatic rings. The van der Waals surface area contributed by atoms with Gasteiger partial charge in [-0.2, -0.15) is 0 Å². The van der Waals surface area contributed by atoms with Crippen LogP contribution >= 0.6 is 0 Å². The van der Waals surface area contributed by atoms with Gasteiger partial charge in [0.15, 0.2) is 0 Å². The average molecular weight is 422 g/mol. The molecule has 4 nitrogen and oxygen atoms in total. The van der Waals surface area contributed by atoms with Gasteiger partial charge in [-0.25, -0.2) is 8.78 Å². The van der Waals surface area contributed by atoms with Crippen LogP contribution in [0.2, 0.25) is 0 Å². The Hall–Kier alpha value is -1.34. The predicted molar refractivity (Wildman–Crippen MR) is 112 cm³/mol. The second kappa shape index (κ2) is 9.43. The number of β-amino-alcohol motifs (C(OH)–C–C–N with tert-alkyl or cyclic N) is 1. The monoisotopic (exact) mass is 421 g/mol. The molecule has 6 heteroatoms. The molecule has 4 rings (SSSR count). The minimum atomic E-state index is -1.26. The Labute approximate surface area is 177 Å². The second-order valence-electron chi connectivity index (χ2n) is 9.12. The van der Waals surface area contributed by atoms with Gasteiger partial charge in [-0.05, 0) is 49.3 Å². The molecule has 0 aromatic heterocycles. The highest BCUT2D eigenvalue weighted by atomic mass is 19.1. The van der Waals surface area contributed by atoms with Crippen molar-refractivity contribution >= 4 is 0 Å². The van der Waals surface area contributed by atoms with Crippen LogP contribution in [0.5, 0.6) is 0 Å². The Morgan fingerprint density at radius 3 is 2.83 bits per heavy atom. The van der Waals surface area contributed by atoms with Crippen LogP contribution in [0.15, 0.2) is 47.4 Å². The van der Waals surface area contributed by atoms with Gasteiger partial charge in [0.1, 0.15) is 18.8 Å². The van der Waals surface area contributed by atoms with Gasteiger partial charge in [-0.1, -0.05) is 37.1 Å². The fraction of sp³-hybridized carbons (Fsp3) is 0.667. The summed E-state index contributed by atoms with van der Waals surface area (Å²) in [4.78, 5) is 0. The van der Waals surface area contributed by atoms with Gasteiger partial charge in [0.25, 0.3) is 0 Å². The number of halogens is 2. The molecule has 166 valence electrons. The summed E-state index contributed by atoms with van der Waals surface area (Å²) in [5.41, 5.74) is 2.08. The fourth-order valence-corrected chi connectivity index (χ4v) is 4.93. The highest BCUT2D eigenvalue weighted by Crippen LogP contribution is 2.46. The van der Waals surface area contributed by atoms with Gasteiger partial charge in [-0.3, -0.25) is 0 Å². The molecule has 0 bridgehead atoms. The SMILES string of the molecule is CCC(CC1=CC(F)=CC(F)C1)C(O)CNC1(C2=CC=CC(C3COCO3)C2)CC1. The van der Waals surface area contributed by atoms with Crippen molar-refractivity contribution in [3.8, 4) is 0 Å². The molecule has 0 amide bonds. The maximum absolute atomic E-state index is 13.6. The first-order valence-corrected chi connectivity index (χ1v) is 11.2. The highest BCUT2D eigenvalue weighted by molar-refractivity contribution is 5.35. The summed E-state index contributed by atoms with van der Waals surface area (Å²) < 4.78 is 38.2. The third-order valence-electron chi connectivity index (χ3n) is 6.98. The van der Waals surface area contributed by atoms with Crippen LogP contribution in [-0.4, -0.2) is 49.0 Å². The van der Waals surface area contributed by atoms with E-state index in [1.807, 2.05) is 6.92 Å². The smallest absolute Gasteiger partial charge is 0.147 e. The summed E-state index contributed by atoms with van der Waals surface area (Å²) in [7, 11) is 0. The maximum atomic E-state index is 13.6. The Balaban J connectivity index is 1.31. The molecule has 2 N–H and O–H groups in total. The van der Waals surface area contributed by atoms with Crippen LogP contribution in [0, 0.1) is 11.8 Å². The van der Waals surface area contributed by atoms with E-state index < -0.39 is 18.1 Å². The van der Waals surface area contributed by atoms with Crippen LogP contribution in [0.3, 0.4) is 0 Å².